The molecule has 0 aromatic heterocycles. The van der Waals surface area contributed by atoms with E-state index in [-0.39, 0.29) is 11.6 Å². The van der Waals surface area contributed by atoms with Crippen LogP contribution in [0, 0.1) is 0 Å². The molecule has 4 nitrogen and oxygen atoms in total. The highest BCUT2D eigenvalue weighted by Gasteiger charge is 2.23. The molecule has 1 aliphatic rings. The first-order chi connectivity index (χ1) is 6.05. The molecule has 1 fully saturated rings. The molecule has 1 saturated heterocycles. The lowest BCUT2D eigenvalue weighted by Crippen LogP contribution is -2.53. The molecule has 13 heavy (non-hydrogen) atoms. The summed E-state index contributed by atoms with van der Waals surface area (Å²) in [6.07, 6.45) is 2.24. The van der Waals surface area contributed by atoms with Crippen LogP contribution in [-0.2, 0) is 0 Å². The number of carbonyl (C=O) groups is 1. The minimum absolute atomic E-state index is 0.0213. The van der Waals surface area contributed by atoms with Gasteiger partial charge in [0, 0.05) is 25.2 Å². The van der Waals surface area contributed by atoms with Crippen LogP contribution >= 0.6 is 0 Å². The molecule has 4 heteroatoms. The average molecular weight is 185 g/mol. The zero-order valence-corrected chi connectivity index (χ0v) is 8.47. The van der Waals surface area contributed by atoms with Gasteiger partial charge in [-0.2, -0.15) is 0 Å². The van der Waals surface area contributed by atoms with E-state index >= 15 is 0 Å². The molecule has 3 N–H and O–H groups in total. The van der Waals surface area contributed by atoms with E-state index in [1.54, 1.807) is 0 Å². The Kier molecular flexibility index (Phi) is 3.14. The van der Waals surface area contributed by atoms with Crippen LogP contribution in [0.4, 0.5) is 4.79 Å². The fourth-order valence-electron chi connectivity index (χ4n) is 1.34. The molecule has 0 aromatic carbocycles. The van der Waals surface area contributed by atoms with Crippen LogP contribution in [0.2, 0.25) is 0 Å². The number of amides is 2. The molecule has 2 amide bonds. The van der Waals surface area contributed by atoms with Crippen LogP contribution in [0.25, 0.3) is 0 Å². The Morgan fingerprint density at radius 2 is 2.00 bits per heavy atom. The molecular formula is C9H19N3O. The highest BCUT2D eigenvalue weighted by Crippen LogP contribution is 2.09. The number of nitrogens with zero attached hydrogens (tertiary/aromatic N) is 1. The van der Waals surface area contributed by atoms with Crippen molar-refractivity contribution in [3.63, 3.8) is 0 Å². The number of nitrogens with one attached hydrogen (secondary N) is 1. The van der Waals surface area contributed by atoms with Gasteiger partial charge in [0.1, 0.15) is 0 Å². The minimum atomic E-state index is -0.292. The van der Waals surface area contributed by atoms with Crippen LogP contribution in [0.1, 0.15) is 26.7 Å². The smallest absolute Gasteiger partial charge is 0.317 e. The predicted octanol–water partition coefficient (Wildman–Crippen LogP) is 0.529. The van der Waals surface area contributed by atoms with Crippen LogP contribution in [-0.4, -0.2) is 36.1 Å². The third-order valence-corrected chi connectivity index (χ3v) is 2.35. The highest BCUT2D eigenvalue weighted by molar-refractivity contribution is 5.75. The van der Waals surface area contributed by atoms with Crippen molar-refractivity contribution in [2.45, 2.75) is 32.2 Å². The Bertz CT molecular complexity index is 185. The molecule has 76 valence electrons. The third-order valence-electron chi connectivity index (χ3n) is 2.35. The van der Waals surface area contributed by atoms with Crippen molar-refractivity contribution >= 4 is 6.03 Å². The van der Waals surface area contributed by atoms with Gasteiger partial charge in [0.25, 0.3) is 0 Å². The summed E-state index contributed by atoms with van der Waals surface area (Å²) in [6.45, 7) is 6.09. The Balaban J connectivity index is 2.40. The fourth-order valence-corrected chi connectivity index (χ4v) is 1.34. The van der Waals surface area contributed by atoms with Gasteiger partial charge in [-0.25, -0.2) is 4.79 Å². The predicted molar refractivity (Wildman–Crippen MR) is 52.5 cm³/mol. The van der Waals surface area contributed by atoms with Gasteiger partial charge in [0.15, 0.2) is 0 Å². The Morgan fingerprint density at radius 3 is 2.46 bits per heavy atom. The Labute approximate surface area is 79.5 Å². The van der Waals surface area contributed by atoms with E-state index in [0.717, 1.165) is 25.9 Å². The number of hydrogen-bond donors (Lipinski definition) is 2. The van der Waals surface area contributed by atoms with Crippen LogP contribution in [0.5, 0.6) is 0 Å². The number of likely N-dealkylation sites (tertiary alicyclic amines) is 1. The minimum Gasteiger partial charge on any atom is -0.332 e. The second-order valence-electron chi connectivity index (χ2n) is 4.21. The summed E-state index contributed by atoms with van der Waals surface area (Å²) in [5.74, 6) is 0. The van der Waals surface area contributed by atoms with Gasteiger partial charge in [-0.05, 0) is 26.7 Å². The Morgan fingerprint density at radius 1 is 1.46 bits per heavy atom. The molecule has 1 rings (SSSR count). The summed E-state index contributed by atoms with van der Waals surface area (Å²) in [7, 11) is 0. The van der Waals surface area contributed by atoms with Gasteiger partial charge in [0.05, 0.1) is 0 Å². The van der Waals surface area contributed by atoms with Crippen molar-refractivity contribution in [1.82, 2.24) is 10.2 Å². The van der Waals surface area contributed by atoms with Crippen molar-refractivity contribution in [2.24, 2.45) is 5.73 Å². The first-order valence-corrected chi connectivity index (χ1v) is 4.82. The topological polar surface area (TPSA) is 58.4 Å². The van der Waals surface area contributed by atoms with E-state index in [4.69, 9.17) is 5.73 Å². The fraction of sp³-hybridized carbons (Fsp3) is 0.889. The van der Waals surface area contributed by atoms with Crippen molar-refractivity contribution in [1.29, 1.82) is 0 Å². The van der Waals surface area contributed by atoms with Crippen molar-refractivity contribution in [3.8, 4) is 0 Å². The monoisotopic (exact) mass is 185 g/mol. The van der Waals surface area contributed by atoms with Gasteiger partial charge in [0.2, 0.25) is 0 Å². The maximum atomic E-state index is 11.6. The second kappa shape index (κ2) is 3.96. The lowest BCUT2D eigenvalue weighted by molar-refractivity contribution is 0.198. The van der Waals surface area contributed by atoms with E-state index in [9.17, 15) is 4.79 Å². The lowest BCUT2D eigenvalue weighted by Gasteiger charge is -2.27. The standard InChI is InChI=1S/C9H19N3O/c1-9(2,7-10)11-8(13)12-5-3-4-6-12/h3-7,10H2,1-2H3,(H,11,13). The molecular weight excluding hydrogens is 166 g/mol. The highest BCUT2D eigenvalue weighted by atomic mass is 16.2. The molecule has 0 bridgehead atoms. The van der Waals surface area contributed by atoms with E-state index in [1.165, 1.54) is 0 Å². The summed E-state index contributed by atoms with van der Waals surface area (Å²) in [4.78, 5) is 13.4. The normalized spacial score (nSPS) is 17.6. The van der Waals surface area contributed by atoms with E-state index in [1.807, 2.05) is 18.7 Å². The molecule has 0 radical (unpaired) electrons. The van der Waals surface area contributed by atoms with Gasteiger partial charge in [-0.1, -0.05) is 0 Å². The van der Waals surface area contributed by atoms with Gasteiger partial charge >= 0.3 is 6.03 Å². The van der Waals surface area contributed by atoms with Crippen molar-refractivity contribution < 1.29 is 4.79 Å². The van der Waals surface area contributed by atoms with E-state index in [2.05, 4.69) is 5.32 Å². The molecule has 0 atom stereocenters. The largest absolute Gasteiger partial charge is 0.332 e. The molecule has 0 aromatic rings. The number of hydrogen-bond acceptors (Lipinski definition) is 2. The Hall–Kier alpha value is -0.770. The first kappa shape index (κ1) is 10.3. The molecule has 0 spiro atoms. The zero-order chi connectivity index (χ0) is 9.90. The quantitative estimate of drug-likeness (QED) is 0.659. The van der Waals surface area contributed by atoms with E-state index in [0.29, 0.717) is 6.54 Å². The van der Waals surface area contributed by atoms with Crippen LogP contribution in [0.3, 0.4) is 0 Å². The van der Waals surface area contributed by atoms with Crippen LogP contribution in [0.15, 0.2) is 0 Å². The summed E-state index contributed by atoms with van der Waals surface area (Å²) >= 11 is 0. The number of carbonyl (C=O) groups excluding carboxylic acids is 1. The summed E-state index contributed by atoms with van der Waals surface area (Å²) in [5.41, 5.74) is 5.23. The number of rotatable bonds is 2. The van der Waals surface area contributed by atoms with Crippen molar-refractivity contribution in [3.05, 3.63) is 0 Å². The first-order valence-electron chi connectivity index (χ1n) is 4.82. The second-order valence-corrected chi connectivity index (χ2v) is 4.21. The third kappa shape index (κ3) is 2.88. The van der Waals surface area contributed by atoms with Gasteiger partial charge < -0.3 is 16.0 Å². The molecule has 1 heterocycles. The summed E-state index contributed by atoms with van der Waals surface area (Å²) in [6, 6.07) is 0.0213. The molecule has 0 unspecified atom stereocenters. The van der Waals surface area contributed by atoms with Crippen molar-refractivity contribution in [2.75, 3.05) is 19.6 Å². The van der Waals surface area contributed by atoms with Crippen LogP contribution < -0.4 is 11.1 Å². The molecule has 0 aliphatic carbocycles. The number of urea groups is 1. The average Bonchev–Trinajstić information content (AvgIpc) is 2.55. The molecule has 0 saturated carbocycles. The van der Waals surface area contributed by atoms with Gasteiger partial charge in [-0.3, -0.25) is 0 Å². The van der Waals surface area contributed by atoms with E-state index < -0.39 is 0 Å². The maximum Gasteiger partial charge on any atom is 0.317 e. The summed E-state index contributed by atoms with van der Waals surface area (Å²) < 4.78 is 0. The number of nitrogens with two attached hydrogens (primary N) is 1. The SMILES string of the molecule is CC(C)(CN)NC(=O)N1CCCC1. The lowest BCUT2D eigenvalue weighted by atomic mass is 10.1. The summed E-state index contributed by atoms with van der Waals surface area (Å²) in [5, 5.41) is 2.91. The molecule has 1 aliphatic heterocycles. The van der Waals surface area contributed by atoms with Gasteiger partial charge in [-0.15, -0.1) is 0 Å². The zero-order valence-electron chi connectivity index (χ0n) is 8.47. The maximum absolute atomic E-state index is 11.6.